The Bertz CT molecular complexity index is 372. The first-order chi connectivity index (χ1) is 7.67. The van der Waals surface area contributed by atoms with Crippen LogP contribution < -0.4 is 5.73 Å². The highest BCUT2D eigenvalue weighted by atomic mass is 79.9. The highest BCUT2D eigenvalue weighted by Gasteiger charge is 2.33. The predicted molar refractivity (Wildman–Crippen MR) is 67.8 cm³/mol. The van der Waals surface area contributed by atoms with Crippen LogP contribution in [0.3, 0.4) is 0 Å². The maximum atomic E-state index is 13.4. The molecule has 2 N–H and O–H groups in total. The summed E-state index contributed by atoms with van der Waals surface area (Å²) in [5.41, 5.74) is 7.15. The molecule has 0 radical (unpaired) electrons. The highest BCUT2D eigenvalue weighted by Crippen LogP contribution is 2.41. The molecular formula is C13H17BrFN. The number of halogens is 2. The van der Waals surface area contributed by atoms with Crippen LogP contribution in [-0.4, -0.2) is 6.54 Å². The molecule has 2 rings (SSSR count). The number of rotatable bonds is 3. The summed E-state index contributed by atoms with van der Waals surface area (Å²) in [5.74, 6) is -0.178. The number of hydrogen-bond donors (Lipinski definition) is 1. The van der Waals surface area contributed by atoms with Gasteiger partial charge >= 0.3 is 0 Å². The third-order valence-electron chi connectivity index (χ3n) is 3.69. The molecule has 1 aliphatic rings. The van der Waals surface area contributed by atoms with Gasteiger partial charge in [-0.1, -0.05) is 25.0 Å². The van der Waals surface area contributed by atoms with Crippen LogP contribution in [-0.2, 0) is 6.42 Å². The van der Waals surface area contributed by atoms with Gasteiger partial charge in [0.1, 0.15) is 5.82 Å². The van der Waals surface area contributed by atoms with Gasteiger partial charge in [-0.05, 0) is 58.8 Å². The molecular weight excluding hydrogens is 269 g/mol. The van der Waals surface area contributed by atoms with E-state index in [9.17, 15) is 4.39 Å². The molecule has 0 amide bonds. The molecule has 0 saturated heterocycles. The fourth-order valence-electron chi connectivity index (χ4n) is 2.67. The normalized spacial score (nSPS) is 18.9. The average molecular weight is 286 g/mol. The Morgan fingerprint density at radius 2 is 2.00 bits per heavy atom. The van der Waals surface area contributed by atoms with E-state index in [4.69, 9.17) is 5.73 Å². The summed E-state index contributed by atoms with van der Waals surface area (Å²) in [6.07, 6.45) is 5.75. The lowest BCUT2D eigenvalue weighted by molar-refractivity contribution is 0.305. The quantitative estimate of drug-likeness (QED) is 0.901. The molecule has 0 spiro atoms. The van der Waals surface area contributed by atoms with E-state index >= 15 is 0 Å². The van der Waals surface area contributed by atoms with Gasteiger partial charge in [0.2, 0.25) is 0 Å². The summed E-state index contributed by atoms with van der Waals surface area (Å²) < 4.78 is 14.0. The standard InChI is InChI=1S/C13H17BrFN/c14-12-10(4-3-5-11(12)15)8-13(9-16)6-1-2-7-13/h3-5H,1-2,6-9,16H2. The molecule has 0 aromatic heterocycles. The van der Waals surface area contributed by atoms with E-state index in [1.807, 2.05) is 6.07 Å². The van der Waals surface area contributed by atoms with E-state index in [1.54, 1.807) is 6.07 Å². The maximum absolute atomic E-state index is 13.4. The molecule has 88 valence electrons. The van der Waals surface area contributed by atoms with Gasteiger partial charge in [-0.3, -0.25) is 0 Å². The van der Waals surface area contributed by atoms with Gasteiger partial charge in [0, 0.05) is 0 Å². The zero-order valence-corrected chi connectivity index (χ0v) is 10.9. The van der Waals surface area contributed by atoms with Gasteiger partial charge in [0.05, 0.1) is 4.47 Å². The lowest BCUT2D eigenvalue weighted by atomic mass is 9.80. The predicted octanol–water partition coefficient (Wildman–Crippen LogP) is 3.65. The molecule has 3 heteroatoms. The van der Waals surface area contributed by atoms with Crippen LogP contribution in [0.15, 0.2) is 22.7 Å². The Balaban J connectivity index is 2.22. The van der Waals surface area contributed by atoms with E-state index in [2.05, 4.69) is 15.9 Å². The van der Waals surface area contributed by atoms with Crippen LogP contribution in [0.1, 0.15) is 31.2 Å². The molecule has 0 bridgehead atoms. The fourth-order valence-corrected chi connectivity index (χ4v) is 3.07. The first kappa shape index (κ1) is 12.1. The van der Waals surface area contributed by atoms with E-state index in [1.165, 1.54) is 31.7 Å². The summed E-state index contributed by atoms with van der Waals surface area (Å²) >= 11 is 3.33. The Morgan fingerprint density at radius 1 is 1.31 bits per heavy atom. The molecule has 0 aliphatic heterocycles. The molecule has 0 unspecified atom stereocenters. The van der Waals surface area contributed by atoms with Crippen LogP contribution in [0, 0.1) is 11.2 Å². The molecule has 0 heterocycles. The fraction of sp³-hybridized carbons (Fsp3) is 0.538. The lowest BCUT2D eigenvalue weighted by Gasteiger charge is -2.27. The van der Waals surface area contributed by atoms with Gasteiger partial charge in [-0.15, -0.1) is 0 Å². The molecule has 16 heavy (non-hydrogen) atoms. The van der Waals surface area contributed by atoms with Crippen LogP contribution >= 0.6 is 15.9 Å². The summed E-state index contributed by atoms with van der Waals surface area (Å²) in [7, 11) is 0. The average Bonchev–Trinajstić information content (AvgIpc) is 2.74. The van der Waals surface area contributed by atoms with Crippen LogP contribution in [0.4, 0.5) is 4.39 Å². The number of benzene rings is 1. The van der Waals surface area contributed by atoms with Gasteiger partial charge in [0.25, 0.3) is 0 Å². The molecule has 1 nitrogen and oxygen atoms in total. The van der Waals surface area contributed by atoms with Crippen LogP contribution in [0.2, 0.25) is 0 Å². The summed E-state index contributed by atoms with van der Waals surface area (Å²) in [4.78, 5) is 0. The summed E-state index contributed by atoms with van der Waals surface area (Å²) in [6.45, 7) is 0.704. The highest BCUT2D eigenvalue weighted by molar-refractivity contribution is 9.10. The summed E-state index contributed by atoms with van der Waals surface area (Å²) in [5, 5.41) is 0. The second-order valence-corrected chi connectivity index (χ2v) is 5.59. The topological polar surface area (TPSA) is 26.0 Å². The van der Waals surface area contributed by atoms with Gasteiger partial charge in [-0.2, -0.15) is 0 Å². The Labute approximate surface area is 104 Å². The minimum absolute atomic E-state index is 0.178. The Kier molecular flexibility index (Phi) is 3.65. The van der Waals surface area contributed by atoms with Crippen molar-refractivity contribution in [2.24, 2.45) is 11.1 Å². The van der Waals surface area contributed by atoms with Crippen LogP contribution in [0.25, 0.3) is 0 Å². The molecule has 1 aromatic carbocycles. The van der Waals surface area contributed by atoms with E-state index in [-0.39, 0.29) is 11.2 Å². The second-order valence-electron chi connectivity index (χ2n) is 4.80. The third kappa shape index (κ3) is 2.30. The molecule has 1 fully saturated rings. The molecule has 0 atom stereocenters. The smallest absolute Gasteiger partial charge is 0.137 e. The first-order valence-corrected chi connectivity index (χ1v) is 6.59. The SMILES string of the molecule is NCC1(Cc2cccc(F)c2Br)CCCC1. The van der Waals surface area contributed by atoms with Crippen molar-refractivity contribution < 1.29 is 4.39 Å². The molecule has 1 saturated carbocycles. The Morgan fingerprint density at radius 3 is 2.62 bits per heavy atom. The summed E-state index contributed by atoms with van der Waals surface area (Å²) in [6, 6.07) is 5.24. The number of hydrogen-bond acceptors (Lipinski definition) is 1. The zero-order valence-electron chi connectivity index (χ0n) is 9.31. The molecule has 1 aromatic rings. The van der Waals surface area contributed by atoms with Crippen LogP contribution in [0.5, 0.6) is 0 Å². The zero-order chi connectivity index (χ0) is 11.6. The van der Waals surface area contributed by atoms with Crippen molar-refractivity contribution in [1.29, 1.82) is 0 Å². The number of nitrogens with two attached hydrogens (primary N) is 1. The maximum Gasteiger partial charge on any atom is 0.137 e. The third-order valence-corrected chi connectivity index (χ3v) is 4.58. The van der Waals surface area contributed by atoms with Crippen molar-refractivity contribution in [2.45, 2.75) is 32.1 Å². The molecule has 1 aliphatic carbocycles. The lowest BCUT2D eigenvalue weighted by Crippen LogP contribution is -2.29. The Hall–Kier alpha value is -0.410. The monoisotopic (exact) mass is 285 g/mol. The largest absolute Gasteiger partial charge is 0.330 e. The first-order valence-electron chi connectivity index (χ1n) is 5.80. The van der Waals surface area contributed by atoms with Gasteiger partial charge < -0.3 is 5.73 Å². The van der Waals surface area contributed by atoms with Crippen molar-refractivity contribution in [1.82, 2.24) is 0 Å². The van der Waals surface area contributed by atoms with Crippen molar-refractivity contribution in [3.63, 3.8) is 0 Å². The van der Waals surface area contributed by atoms with E-state index in [0.29, 0.717) is 11.0 Å². The van der Waals surface area contributed by atoms with Crippen molar-refractivity contribution in [3.8, 4) is 0 Å². The second kappa shape index (κ2) is 4.84. The van der Waals surface area contributed by atoms with Gasteiger partial charge in [-0.25, -0.2) is 4.39 Å². The minimum atomic E-state index is -0.178. The minimum Gasteiger partial charge on any atom is -0.330 e. The van der Waals surface area contributed by atoms with Gasteiger partial charge in [0.15, 0.2) is 0 Å². The van der Waals surface area contributed by atoms with Crippen molar-refractivity contribution >= 4 is 15.9 Å². The van der Waals surface area contributed by atoms with E-state index in [0.717, 1.165) is 12.0 Å². The van der Waals surface area contributed by atoms with Crippen molar-refractivity contribution in [3.05, 3.63) is 34.1 Å². The van der Waals surface area contributed by atoms with Crippen molar-refractivity contribution in [2.75, 3.05) is 6.54 Å². The van der Waals surface area contributed by atoms with E-state index < -0.39 is 0 Å².